The molecule has 0 aliphatic carbocycles. The second-order valence-corrected chi connectivity index (χ2v) is 5.85. The normalized spacial score (nSPS) is 18.8. The Balaban J connectivity index is 1.71. The van der Waals surface area contributed by atoms with E-state index in [9.17, 15) is 4.79 Å². The highest BCUT2D eigenvalue weighted by Gasteiger charge is 2.25. The molecule has 104 valence electrons. The van der Waals surface area contributed by atoms with Crippen LogP contribution < -0.4 is 0 Å². The van der Waals surface area contributed by atoms with Gasteiger partial charge in [-0.2, -0.15) is 0 Å². The molecule has 19 heavy (non-hydrogen) atoms. The van der Waals surface area contributed by atoms with Crippen LogP contribution in [0, 0.1) is 5.92 Å². The zero-order valence-corrected chi connectivity index (χ0v) is 12.2. The van der Waals surface area contributed by atoms with E-state index in [1.807, 2.05) is 29.7 Å². The Morgan fingerprint density at radius 3 is 2.95 bits per heavy atom. The maximum Gasteiger partial charge on any atom is 0.248 e. The minimum Gasteiger partial charge on any atom is -0.372 e. The fourth-order valence-electron chi connectivity index (χ4n) is 2.21. The van der Waals surface area contributed by atoms with Gasteiger partial charge in [0.1, 0.15) is 6.61 Å². The van der Waals surface area contributed by atoms with Crippen molar-refractivity contribution in [1.82, 2.24) is 4.90 Å². The number of nitrogens with zero attached hydrogens (tertiary/aromatic N) is 1. The molecule has 0 bridgehead atoms. The van der Waals surface area contributed by atoms with Crippen LogP contribution >= 0.6 is 11.8 Å². The molecule has 3 nitrogen and oxygen atoms in total. The van der Waals surface area contributed by atoms with Gasteiger partial charge in [-0.3, -0.25) is 4.79 Å². The lowest BCUT2D eigenvalue weighted by molar-refractivity contribution is -0.135. The lowest BCUT2D eigenvalue weighted by atomic mass is 10.2. The fourth-order valence-corrected chi connectivity index (χ4v) is 3.26. The zero-order valence-electron chi connectivity index (χ0n) is 11.4. The molecule has 1 aliphatic rings. The maximum absolute atomic E-state index is 11.8. The average Bonchev–Trinajstić information content (AvgIpc) is 2.92. The van der Waals surface area contributed by atoms with Gasteiger partial charge in [0.15, 0.2) is 0 Å². The first-order chi connectivity index (χ1) is 9.29. The minimum absolute atomic E-state index is 0.133. The van der Waals surface area contributed by atoms with Crippen molar-refractivity contribution in [2.24, 2.45) is 5.92 Å². The van der Waals surface area contributed by atoms with Gasteiger partial charge in [0.2, 0.25) is 5.91 Å². The molecule has 1 heterocycles. The molecule has 1 aromatic carbocycles. The molecular weight excluding hydrogens is 258 g/mol. The summed E-state index contributed by atoms with van der Waals surface area (Å²) in [6.07, 6.45) is 1.11. The van der Waals surface area contributed by atoms with Crippen LogP contribution in [0.3, 0.4) is 0 Å². The molecule has 0 spiro atoms. The average molecular weight is 279 g/mol. The van der Waals surface area contributed by atoms with E-state index in [2.05, 4.69) is 24.3 Å². The van der Waals surface area contributed by atoms with Crippen LogP contribution in [0.2, 0.25) is 0 Å². The van der Waals surface area contributed by atoms with Crippen molar-refractivity contribution in [2.75, 3.05) is 32.1 Å². The topological polar surface area (TPSA) is 29.5 Å². The van der Waals surface area contributed by atoms with E-state index in [1.54, 1.807) is 0 Å². The standard InChI is InChI=1S/C15H21NO2S/c1-2-18-11-15(17)16-9-8-13(10-16)12-19-14-6-4-3-5-7-14/h3-7,13H,2,8-12H2,1H3. The number of carbonyl (C=O) groups excluding carboxylic acids is 1. The molecule has 4 heteroatoms. The van der Waals surface area contributed by atoms with Crippen molar-refractivity contribution < 1.29 is 9.53 Å². The first kappa shape index (κ1) is 14.4. The number of ether oxygens (including phenoxy) is 1. The number of benzene rings is 1. The minimum atomic E-state index is 0.133. The van der Waals surface area contributed by atoms with Gasteiger partial charge in [-0.05, 0) is 31.4 Å². The Bertz CT molecular complexity index is 396. The van der Waals surface area contributed by atoms with E-state index in [0.29, 0.717) is 12.5 Å². The molecule has 0 radical (unpaired) electrons. The highest BCUT2D eigenvalue weighted by molar-refractivity contribution is 7.99. The Hall–Kier alpha value is -1.00. The van der Waals surface area contributed by atoms with Crippen molar-refractivity contribution in [3.63, 3.8) is 0 Å². The van der Waals surface area contributed by atoms with Crippen molar-refractivity contribution in [2.45, 2.75) is 18.2 Å². The van der Waals surface area contributed by atoms with Crippen molar-refractivity contribution in [1.29, 1.82) is 0 Å². The first-order valence-corrected chi connectivity index (χ1v) is 7.81. The van der Waals surface area contributed by atoms with Gasteiger partial charge < -0.3 is 9.64 Å². The molecule has 1 aliphatic heterocycles. The van der Waals surface area contributed by atoms with Crippen LogP contribution in [0.4, 0.5) is 0 Å². The van der Waals surface area contributed by atoms with Crippen LogP contribution in [-0.4, -0.2) is 42.9 Å². The molecule has 1 saturated heterocycles. The van der Waals surface area contributed by atoms with Crippen LogP contribution in [0.5, 0.6) is 0 Å². The number of hydrogen-bond donors (Lipinski definition) is 0. The Morgan fingerprint density at radius 2 is 2.21 bits per heavy atom. The summed E-state index contributed by atoms with van der Waals surface area (Å²) in [7, 11) is 0. The second kappa shape index (κ2) is 7.56. The van der Waals surface area contributed by atoms with Crippen LogP contribution in [0.15, 0.2) is 35.2 Å². The largest absolute Gasteiger partial charge is 0.372 e. The Kier molecular flexibility index (Phi) is 5.73. The van der Waals surface area contributed by atoms with E-state index in [0.717, 1.165) is 25.3 Å². The summed E-state index contributed by atoms with van der Waals surface area (Å²) in [5.41, 5.74) is 0. The highest BCUT2D eigenvalue weighted by atomic mass is 32.2. The van der Waals surface area contributed by atoms with E-state index in [1.165, 1.54) is 4.90 Å². The predicted octanol–water partition coefficient (Wildman–Crippen LogP) is 2.66. The van der Waals surface area contributed by atoms with Crippen molar-refractivity contribution in [3.05, 3.63) is 30.3 Å². The van der Waals surface area contributed by atoms with E-state index < -0.39 is 0 Å². The number of likely N-dealkylation sites (tertiary alicyclic amines) is 1. The monoisotopic (exact) mass is 279 g/mol. The van der Waals surface area contributed by atoms with Crippen LogP contribution in [0.25, 0.3) is 0 Å². The van der Waals surface area contributed by atoms with Gasteiger partial charge in [0.05, 0.1) is 0 Å². The predicted molar refractivity (Wildman–Crippen MR) is 78.3 cm³/mol. The molecule has 1 amide bonds. The summed E-state index contributed by atoms with van der Waals surface area (Å²) in [6, 6.07) is 10.4. The lowest BCUT2D eigenvalue weighted by Gasteiger charge is -2.16. The molecule has 1 fully saturated rings. The number of thioether (sulfide) groups is 1. The summed E-state index contributed by atoms with van der Waals surface area (Å²) in [4.78, 5) is 15.1. The first-order valence-electron chi connectivity index (χ1n) is 6.83. The fraction of sp³-hybridized carbons (Fsp3) is 0.533. The van der Waals surface area contributed by atoms with Gasteiger partial charge in [-0.15, -0.1) is 11.8 Å². The lowest BCUT2D eigenvalue weighted by Crippen LogP contribution is -2.32. The SMILES string of the molecule is CCOCC(=O)N1CCC(CSc2ccccc2)C1. The molecule has 1 unspecified atom stereocenters. The number of hydrogen-bond acceptors (Lipinski definition) is 3. The van der Waals surface area contributed by atoms with Gasteiger partial charge in [-0.25, -0.2) is 0 Å². The number of rotatable bonds is 6. The van der Waals surface area contributed by atoms with E-state index >= 15 is 0 Å². The third kappa shape index (κ3) is 4.55. The quantitative estimate of drug-likeness (QED) is 0.750. The summed E-state index contributed by atoms with van der Waals surface area (Å²) in [5, 5.41) is 0. The summed E-state index contributed by atoms with van der Waals surface area (Å²) in [6.45, 7) is 4.51. The number of amides is 1. The van der Waals surface area contributed by atoms with E-state index in [-0.39, 0.29) is 12.5 Å². The third-order valence-electron chi connectivity index (χ3n) is 3.30. The molecule has 2 rings (SSSR count). The van der Waals surface area contributed by atoms with E-state index in [4.69, 9.17) is 4.74 Å². The highest BCUT2D eigenvalue weighted by Crippen LogP contribution is 2.25. The second-order valence-electron chi connectivity index (χ2n) is 4.76. The molecule has 0 N–H and O–H groups in total. The Morgan fingerprint density at radius 1 is 1.42 bits per heavy atom. The van der Waals surface area contributed by atoms with Crippen molar-refractivity contribution >= 4 is 17.7 Å². The smallest absolute Gasteiger partial charge is 0.248 e. The molecule has 1 atom stereocenters. The van der Waals surface area contributed by atoms with Gasteiger partial charge in [0.25, 0.3) is 0 Å². The summed E-state index contributed by atoms with van der Waals surface area (Å²) < 4.78 is 5.18. The summed E-state index contributed by atoms with van der Waals surface area (Å²) in [5.74, 6) is 1.83. The van der Waals surface area contributed by atoms with Crippen LogP contribution in [0.1, 0.15) is 13.3 Å². The molecular formula is C15H21NO2S. The number of carbonyl (C=O) groups is 1. The molecule has 1 aromatic rings. The van der Waals surface area contributed by atoms with Crippen molar-refractivity contribution in [3.8, 4) is 0 Å². The Labute approximate surface area is 119 Å². The molecule has 0 saturated carbocycles. The maximum atomic E-state index is 11.8. The van der Waals surface area contributed by atoms with Gasteiger partial charge in [0, 0.05) is 30.3 Å². The van der Waals surface area contributed by atoms with Gasteiger partial charge in [-0.1, -0.05) is 18.2 Å². The van der Waals surface area contributed by atoms with Gasteiger partial charge >= 0.3 is 0 Å². The van der Waals surface area contributed by atoms with Crippen LogP contribution in [-0.2, 0) is 9.53 Å². The third-order valence-corrected chi connectivity index (χ3v) is 4.54. The summed E-state index contributed by atoms with van der Waals surface area (Å²) >= 11 is 1.88. The zero-order chi connectivity index (χ0) is 13.5. The molecule has 0 aromatic heterocycles.